The number of hydrogen-bond donors (Lipinski definition) is 1. The minimum atomic E-state index is 0.0908. The lowest BCUT2D eigenvalue weighted by molar-refractivity contribution is 0.395. The van der Waals surface area contributed by atoms with E-state index >= 15 is 0 Å². The molecule has 0 aliphatic rings. The van der Waals surface area contributed by atoms with Crippen LogP contribution in [-0.2, 0) is 19.9 Å². The standard InChI is InChI=1S/C13H23N3/c1-6-11-8-12(16(5)15-11)9-13(3,7-2)10-14-4/h7-8,14H,2,6,9-10H2,1,3-5H3. The Labute approximate surface area is 98.5 Å². The van der Waals surface area contributed by atoms with E-state index in [2.05, 4.69) is 36.9 Å². The van der Waals surface area contributed by atoms with Crippen LogP contribution in [0.4, 0.5) is 0 Å². The summed E-state index contributed by atoms with van der Waals surface area (Å²) >= 11 is 0. The van der Waals surface area contributed by atoms with E-state index in [4.69, 9.17) is 0 Å². The van der Waals surface area contributed by atoms with Crippen molar-refractivity contribution in [2.24, 2.45) is 12.5 Å². The number of aryl methyl sites for hydroxylation is 2. The van der Waals surface area contributed by atoms with Crippen LogP contribution in [-0.4, -0.2) is 23.4 Å². The van der Waals surface area contributed by atoms with Gasteiger partial charge in [-0.15, -0.1) is 6.58 Å². The Balaban J connectivity index is 2.84. The average molecular weight is 221 g/mol. The molecule has 16 heavy (non-hydrogen) atoms. The lowest BCUT2D eigenvalue weighted by atomic mass is 9.85. The zero-order valence-corrected chi connectivity index (χ0v) is 10.9. The largest absolute Gasteiger partial charge is 0.319 e. The SMILES string of the molecule is C=CC(C)(CNC)Cc1cc(CC)nn1C. The molecule has 0 amide bonds. The van der Waals surface area contributed by atoms with Gasteiger partial charge in [-0.25, -0.2) is 0 Å². The quantitative estimate of drug-likeness (QED) is 0.744. The highest BCUT2D eigenvalue weighted by Gasteiger charge is 2.21. The van der Waals surface area contributed by atoms with E-state index in [1.54, 1.807) is 0 Å². The van der Waals surface area contributed by atoms with Crippen molar-refractivity contribution in [3.05, 3.63) is 30.1 Å². The van der Waals surface area contributed by atoms with Crippen molar-refractivity contribution in [2.75, 3.05) is 13.6 Å². The third-order valence-electron chi connectivity index (χ3n) is 3.05. The average Bonchev–Trinajstić information content (AvgIpc) is 2.60. The third-order valence-corrected chi connectivity index (χ3v) is 3.05. The van der Waals surface area contributed by atoms with Gasteiger partial charge in [0.15, 0.2) is 0 Å². The lowest BCUT2D eigenvalue weighted by Crippen LogP contribution is -2.30. The molecule has 1 atom stereocenters. The van der Waals surface area contributed by atoms with Gasteiger partial charge in [0, 0.05) is 24.7 Å². The van der Waals surface area contributed by atoms with Crippen LogP contribution in [0.5, 0.6) is 0 Å². The van der Waals surface area contributed by atoms with Crippen LogP contribution in [0, 0.1) is 5.41 Å². The molecule has 0 fully saturated rings. The van der Waals surface area contributed by atoms with E-state index in [1.165, 1.54) is 5.69 Å². The highest BCUT2D eigenvalue weighted by molar-refractivity contribution is 5.14. The Bertz CT molecular complexity index is 354. The third kappa shape index (κ3) is 2.95. The summed E-state index contributed by atoms with van der Waals surface area (Å²) < 4.78 is 1.98. The second-order valence-electron chi connectivity index (χ2n) is 4.67. The van der Waals surface area contributed by atoms with Crippen LogP contribution in [0.2, 0.25) is 0 Å². The molecule has 90 valence electrons. The van der Waals surface area contributed by atoms with Gasteiger partial charge in [0.2, 0.25) is 0 Å². The van der Waals surface area contributed by atoms with Crippen LogP contribution in [0.1, 0.15) is 25.2 Å². The molecule has 0 aromatic carbocycles. The number of nitrogens with one attached hydrogen (secondary N) is 1. The summed E-state index contributed by atoms with van der Waals surface area (Å²) in [4.78, 5) is 0. The molecule has 3 nitrogen and oxygen atoms in total. The van der Waals surface area contributed by atoms with Gasteiger partial charge in [0.05, 0.1) is 5.69 Å². The van der Waals surface area contributed by atoms with E-state index in [-0.39, 0.29) is 5.41 Å². The summed E-state index contributed by atoms with van der Waals surface area (Å²) in [6.07, 6.45) is 3.99. The molecule has 0 bridgehead atoms. The smallest absolute Gasteiger partial charge is 0.0624 e. The molecule has 1 aromatic heterocycles. The summed E-state index contributed by atoms with van der Waals surface area (Å²) in [5.41, 5.74) is 2.52. The lowest BCUT2D eigenvalue weighted by Gasteiger charge is -2.25. The molecule has 1 unspecified atom stereocenters. The molecule has 0 saturated heterocycles. The van der Waals surface area contributed by atoms with Crippen molar-refractivity contribution in [2.45, 2.75) is 26.7 Å². The second-order valence-corrected chi connectivity index (χ2v) is 4.67. The van der Waals surface area contributed by atoms with Gasteiger partial charge >= 0.3 is 0 Å². The van der Waals surface area contributed by atoms with E-state index in [0.29, 0.717) is 0 Å². The van der Waals surface area contributed by atoms with Crippen molar-refractivity contribution in [3.8, 4) is 0 Å². The summed E-state index contributed by atoms with van der Waals surface area (Å²) in [5, 5.41) is 7.69. The van der Waals surface area contributed by atoms with Gasteiger partial charge in [-0.05, 0) is 26.0 Å². The van der Waals surface area contributed by atoms with Crippen molar-refractivity contribution in [1.82, 2.24) is 15.1 Å². The van der Waals surface area contributed by atoms with Crippen molar-refractivity contribution in [1.29, 1.82) is 0 Å². The Kier molecular flexibility index (Phi) is 4.30. The monoisotopic (exact) mass is 221 g/mol. The predicted octanol–water partition coefficient (Wildman–Crippen LogP) is 1.94. The van der Waals surface area contributed by atoms with Gasteiger partial charge < -0.3 is 5.32 Å². The first-order chi connectivity index (χ1) is 7.54. The molecule has 0 spiro atoms. The van der Waals surface area contributed by atoms with Gasteiger partial charge in [-0.2, -0.15) is 5.10 Å². The maximum atomic E-state index is 4.47. The highest BCUT2D eigenvalue weighted by Crippen LogP contribution is 2.23. The van der Waals surface area contributed by atoms with Crippen molar-refractivity contribution < 1.29 is 0 Å². The van der Waals surface area contributed by atoms with Gasteiger partial charge in [0.1, 0.15) is 0 Å². The van der Waals surface area contributed by atoms with E-state index in [1.807, 2.05) is 24.9 Å². The van der Waals surface area contributed by atoms with E-state index in [0.717, 1.165) is 25.1 Å². The molecule has 1 N–H and O–H groups in total. The summed E-state index contributed by atoms with van der Waals surface area (Å²) in [5.74, 6) is 0. The van der Waals surface area contributed by atoms with Crippen LogP contribution >= 0.6 is 0 Å². The van der Waals surface area contributed by atoms with E-state index < -0.39 is 0 Å². The Hall–Kier alpha value is -1.09. The van der Waals surface area contributed by atoms with Crippen molar-refractivity contribution >= 4 is 0 Å². The van der Waals surface area contributed by atoms with Crippen LogP contribution in [0.15, 0.2) is 18.7 Å². The van der Waals surface area contributed by atoms with Gasteiger partial charge in [0.25, 0.3) is 0 Å². The fourth-order valence-corrected chi connectivity index (χ4v) is 1.93. The maximum absolute atomic E-state index is 4.47. The Morgan fingerprint density at radius 2 is 2.31 bits per heavy atom. The molecule has 1 heterocycles. The van der Waals surface area contributed by atoms with Gasteiger partial charge in [-0.3, -0.25) is 4.68 Å². The molecule has 0 aliphatic heterocycles. The summed E-state index contributed by atoms with van der Waals surface area (Å²) in [6.45, 7) is 9.22. The molecule has 0 saturated carbocycles. The molecule has 0 aliphatic carbocycles. The second kappa shape index (κ2) is 5.30. The molecule has 1 aromatic rings. The molecular formula is C13H23N3. The normalized spacial score (nSPS) is 14.8. The molecule has 0 radical (unpaired) electrons. The fourth-order valence-electron chi connectivity index (χ4n) is 1.93. The number of nitrogens with zero attached hydrogens (tertiary/aromatic N) is 2. The minimum absolute atomic E-state index is 0.0908. The first kappa shape index (κ1) is 13.0. The predicted molar refractivity (Wildman–Crippen MR) is 68.5 cm³/mol. The number of aromatic nitrogens is 2. The molecular weight excluding hydrogens is 198 g/mol. The Morgan fingerprint density at radius 1 is 1.62 bits per heavy atom. The zero-order chi connectivity index (χ0) is 12.2. The fraction of sp³-hybridized carbons (Fsp3) is 0.615. The van der Waals surface area contributed by atoms with Gasteiger partial charge in [-0.1, -0.05) is 19.9 Å². The van der Waals surface area contributed by atoms with Crippen LogP contribution in [0.25, 0.3) is 0 Å². The first-order valence-corrected chi connectivity index (χ1v) is 5.84. The summed E-state index contributed by atoms with van der Waals surface area (Å²) in [6, 6.07) is 2.19. The molecule has 3 heteroatoms. The Morgan fingerprint density at radius 3 is 2.75 bits per heavy atom. The topological polar surface area (TPSA) is 29.9 Å². The number of rotatable bonds is 6. The first-order valence-electron chi connectivity index (χ1n) is 5.84. The van der Waals surface area contributed by atoms with Crippen LogP contribution < -0.4 is 5.32 Å². The maximum Gasteiger partial charge on any atom is 0.0624 e. The summed E-state index contributed by atoms with van der Waals surface area (Å²) in [7, 11) is 3.99. The number of hydrogen-bond acceptors (Lipinski definition) is 2. The minimum Gasteiger partial charge on any atom is -0.319 e. The zero-order valence-electron chi connectivity index (χ0n) is 10.9. The van der Waals surface area contributed by atoms with E-state index in [9.17, 15) is 0 Å². The highest BCUT2D eigenvalue weighted by atomic mass is 15.3. The van der Waals surface area contributed by atoms with Crippen molar-refractivity contribution in [3.63, 3.8) is 0 Å². The molecule has 1 rings (SSSR count). The van der Waals surface area contributed by atoms with Crippen LogP contribution in [0.3, 0.4) is 0 Å².